The predicted molar refractivity (Wildman–Crippen MR) is 77.7 cm³/mol. The van der Waals surface area contributed by atoms with Gasteiger partial charge in [0.05, 0.1) is 17.3 Å². The number of nitrogens with zero attached hydrogens (tertiary/aromatic N) is 1. The predicted octanol–water partition coefficient (Wildman–Crippen LogP) is 2.37. The van der Waals surface area contributed by atoms with E-state index < -0.39 is 0 Å². The molecule has 19 heavy (non-hydrogen) atoms. The van der Waals surface area contributed by atoms with Gasteiger partial charge in [0.1, 0.15) is 5.75 Å². The van der Waals surface area contributed by atoms with Gasteiger partial charge >= 0.3 is 0 Å². The van der Waals surface area contributed by atoms with E-state index in [0.29, 0.717) is 18.0 Å². The first-order chi connectivity index (χ1) is 9.08. The summed E-state index contributed by atoms with van der Waals surface area (Å²) in [5.74, 6) is 0.731. The van der Waals surface area contributed by atoms with Crippen molar-refractivity contribution in [2.75, 3.05) is 12.4 Å². The lowest BCUT2D eigenvalue weighted by atomic mass is 10.2. The molecule has 0 radical (unpaired) electrons. The standard InChI is InChI=1S/C13H17N3O2S/c1-8(14)3-6-12(17)16-13-15-10-5-4-9(18-2)7-11(10)19-13/h4-5,7-8H,3,6,14H2,1-2H3,(H,15,16,17). The average Bonchev–Trinajstić information content (AvgIpc) is 2.77. The maximum absolute atomic E-state index is 11.7. The molecule has 2 aromatic rings. The minimum Gasteiger partial charge on any atom is -0.497 e. The van der Waals surface area contributed by atoms with Crippen LogP contribution in [0.15, 0.2) is 18.2 Å². The Hall–Kier alpha value is -1.66. The molecule has 0 aliphatic rings. The van der Waals surface area contributed by atoms with Gasteiger partial charge in [0.2, 0.25) is 5.91 Å². The zero-order chi connectivity index (χ0) is 13.8. The molecular formula is C13H17N3O2S. The Labute approximate surface area is 115 Å². The van der Waals surface area contributed by atoms with Gasteiger partial charge < -0.3 is 15.8 Å². The molecule has 1 atom stereocenters. The Morgan fingerprint density at radius 3 is 3.05 bits per heavy atom. The monoisotopic (exact) mass is 279 g/mol. The molecule has 0 saturated heterocycles. The summed E-state index contributed by atoms with van der Waals surface area (Å²) in [6.45, 7) is 1.89. The van der Waals surface area contributed by atoms with Crippen LogP contribution in [0.3, 0.4) is 0 Å². The van der Waals surface area contributed by atoms with Crippen LogP contribution >= 0.6 is 11.3 Å². The van der Waals surface area contributed by atoms with E-state index in [2.05, 4.69) is 10.3 Å². The molecule has 1 aromatic carbocycles. The fourth-order valence-electron chi connectivity index (χ4n) is 1.63. The zero-order valence-corrected chi connectivity index (χ0v) is 11.8. The van der Waals surface area contributed by atoms with Gasteiger partial charge in [-0.1, -0.05) is 11.3 Å². The van der Waals surface area contributed by atoms with Crippen LogP contribution in [0.1, 0.15) is 19.8 Å². The number of aromatic nitrogens is 1. The average molecular weight is 279 g/mol. The molecule has 5 nitrogen and oxygen atoms in total. The molecule has 1 unspecified atom stereocenters. The third-order valence-electron chi connectivity index (χ3n) is 2.67. The summed E-state index contributed by atoms with van der Waals surface area (Å²) >= 11 is 1.44. The third kappa shape index (κ3) is 3.65. The van der Waals surface area contributed by atoms with Crippen LogP contribution < -0.4 is 15.8 Å². The normalized spacial score (nSPS) is 12.4. The van der Waals surface area contributed by atoms with Crippen molar-refractivity contribution in [3.63, 3.8) is 0 Å². The van der Waals surface area contributed by atoms with Crippen LogP contribution in [0.25, 0.3) is 10.2 Å². The van der Waals surface area contributed by atoms with Crippen molar-refractivity contribution in [3.8, 4) is 5.75 Å². The van der Waals surface area contributed by atoms with E-state index in [1.54, 1.807) is 7.11 Å². The minimum atomic E-state index is -0.0525. The molecule has 1 heterocycles. The number of carbonyl (C=O) groups excluding carboxylic acids is 1. The summed E-state index contributed by atoms with van der Waals surface area (Å²) in [5.41, 5.74) is 6.48. The van der Waals surface area contributed by atoms with Gasteiger partial charge in [0.25, 0.3) is 0 Å². The summed E-state index contributed by atoms with van der Waals surface area (Å²) < 4.78 is 6.14. The fraction of sp³-hybridized carbons (Fsp3) is 0.385. The van der Waals surface area contributed by atoms with Crippen molar-refractivity contribution in [3.05, 3.63) is 18.2 Å². The third-order valence-corrected chi connectivity index (χ3v) is 3.60. The van der Waals surface area contributed by atoms with Crippen LogP contribution in [0.5, 0.6) is 5.75 Å². The van der Waals surface area contributed by atoms with Crippen molar-refractivity contribution in [2.24, 2.45) is 5.73 Å². The number of benzene rings is 1. The maximum Gasteiger partial charge on any atom is 0.226 e. The lowest BCUT2D eigenvalue weighted by Crippen LogP contribution is -2.19. The number of anilines is 1. The molecule has 0 aliphatic carbocycles. The van der Waals surface area contributed by atoms with Crippen LogP contribution in [0, 0.1) is 0 Å². The first kappa shape index (κ1) is 13.8. The number of hydrogen-bond donors (Lipinski definition) is 2. The second-order valence-electron chi connectivity index (χ2n) is 4.42. The summed E-state index contributed by atoms with van der Waals surface area (Å²) in [7, 11) is 1.62. The molecule has 0 fully saturated rings. The van der Waals surface area contributed by atoms with Gasteiger partial charge in [-0.05, 0) is 31.5 Å². The largest absolute Gasteiger partial charge is 0.497 e. The highest BCUT2D eigenvalue weighted by Crippen LogP contribution is 2.29. The topological polar surface area (TPSA) is 77.2 Å². The van der Waals surface area contributed by atoms with E-state index in [1.165, 1.54) is 11.3 Å². The second-order valence-corrected chi connectivity index (χ2v) is 5.45. The second kappa shape index (κ2) is 5.99. The van der Waals surface area contributed by atoms with Gasteiger partial charge in [-0.25, -0.2) is 4.98 Å². The number of hydrogen-bond acceptors (Lipinski definition) is 5. The highest BCUT2D eigenvalue weighted by atomic mass is 32.1. The molecule has 102 valence electrons. The smallest absolute Gasteiger partial charge is 0.226 e. The van der Waals surface area contributed by atoms with Crippen LogP contribution in [0.2, 0.25) is 0 Å². The van der Waals surface area contributed by atoms with E-state index in [4.69, 9.17) is 10.5 Å². The van der Waals surface area contributed by atoms with Crippen molar-refractivity contribution in [2.45, 2.75) is 25.8 Å². The zero-order valence-electron chi connectivity index (χ0n) is 11.0. The molecule has 0 aliphatic heterocycles. The van der Waals surface area contributed by atoms with E-state index in [0.717, 1.165) is 16.0 Å². The van der Waals surface area contributed by atoms with E-state index in [9.17, 15) is 4.79 Å². The summed E-state index contributed by atoms with van der Waals surface area (Å²) in [5, 5.41) is 3.41. The lowest BCUT2D eigenvalue weighted by Gasteiger charge is -2.03. The Morgan fingerprint density at radius 2 is 2.37 bits per heavy atom. The van der Waals surface area contributed by atoms with Gasteiger partial charge in [0, 0.05) is 12.5 Å². The van der Waals surface area contributed by atoms with Crippen molar-refractivity contribution < 1.29 is 9.53 Å². The van der Waals surface area contributed by atoms with Crippen molar-refractivity contribution in [1.82, 2.24) is 4.98 Å². The number of rotatable bonds is 5. The molecule has 3 N–H and O–H groups in total. The van der Waals surface area contributed by atoms with Gasteiger partial charge in [-0.2, -0.15) is 0 Å². The number of ether oxygens (including phenoxy) is 1. The molecule has 1 amide bonds. The highest BCUT2D eigenvalue weighted by Gasteiger charge is 2.09. The summed E-state index contributed by atoms with van der Waals surface area (Å²) in [6, 6.07) is 5.67. The van der Waals surface area contributed by atoms with Gasteiger partial charge in [0.15, 0.2) is 5.13 Å². The quantitative estimate of drug-likeness (QED) is 0.881. The Kier molecular flexibility index (Phi) is 4.34. The molecular weight excluding hydrogens is 262 g/mol. The molecule has 0 saturated carbocycles. The molecule has 0 spiro atoms. The molecule has 1 aromatic heterocycles. The summed E-state index contributed by atoms with van der Waals surface area (Å²) in [4.78, 5) is 16.0. The maximum atomic E-state index is 11.7. The van der Waals surface area contributed by atoms with Crippen LogP contribution in [0.4, 0.5) is 5.13 Å². The Balaban J connectivity index is 2.06. The lowest BCUT2D eigenvalue weighted by molar-refractivity contribution is -0.116. The van der Waals surface area contributed by atoms with Gasteiger partial charge in [-0.3, -0.25) is 4.79 Å². The van der Waals surface area contributed by atoms with Crippen molar-refractivity contribution >= 4 is 32.6 Å². The Morgan fingerprint density at radius 1 is 1.58 bits per heavy atom. The number of carbonyl (C=O) groups is 1. The summed E-state index contributed by atoms with van der Waals surface area (Å²) in [6.07, 6.45) is 1.08. The molecule has 2 rings (SSSR count). The fourth-order valence-corrected chi connectivity index (χ4v) is 2.54. The first-order valence-corrected chi connectivity index (χ1v) is 6.90. The number of thiazole rings is 1. The van der Waals surface area contributed by atoms with Gasteiger partial charge in [-0.15, -0.1) is 0 Å². The van der Waals surface area contributed by atoms with Crippen LogP contribution in [-0.4, -0.2) is 24.0 Å². The highest BCUT2D eigenvalue weighted by molar-refractivity contribution is 7.22. The number of methoxy groups -OCH3 is 1. The number of fused-ring (bicyclic) bond motifs is 1. The van der Waals surface area contributed by atoms with E-state index in [1.807, 2.05) is 25.1 Å². The molecule has 6 heteroatoms. The van der Waals surface area contributed by atoms with Crippen LogP contribution in [-0.2, 0) is 4.79 Å². The number of nitrogens with two attached hydrogens (primary N) is 1. The molecule has 0 bridgehead atoms. The Bertz CT molecular complexity index is 580. The number of amides is 1. The van der Waals surface area contributed by atoms with Crippen molar-refractivity contribution in [1.29, 1.82) is 0 Å². The first-order valence-electron chi connectivity index (χ1n) is 6.08. The van der Waals surface area contributed by atoms with E-state index in [-0.39, 0.29) is 11.9 Å². The van der Waals surface area contributed by atoms with E-state index >= 15 is 0 Å². The number of nitrogens with one attached hydrogen (secondary N) is 1. The SMILES string of the molecule is COc1ccc2nc(NC(=O)CCC(C)N)sc2c1. The minimum absolute atomic E-state index is 0.0328.